The average Bonchev–Trinajstić information content (AvgIpc) is 2.62. The summed E-state index contributed by atoms with van der Waals surface area (Å²) < 4.78 is 10.8. The van der Waals surface area contributed by atoms with E-state index < -0.39 is 0 Å². The van der Waals surface area contributed by atoms with Gasteiger partial charge in [0, 0.05) is 23.0 Å². The van der Waals surface area contributed by atoms with Crippen LogP contribution in [-0.4, -0.2) is 24.1 Å². The predicted octanol–water partition coefficient (Wildman–Crippen LogP) is 4.35. The fourth-order valence-electron chi connectivity index (χ4n) is 3.39. The summed E-state index contributed by atoms with van der Waals surface area (Å²) in [6.07, 6.45) is 7.44. The molecule has 0 heterocycles. The van der Waals surface area contributed by atoms with E-state index in [4.69, 9.17) is 9.47 Å². The molecule has 0 radical (unpaired) electrons. The van der Waals surface area contributed by atoms with Crippen LogP contribution >= 0.6 is 0 Å². The first-order valence-corrected chi connectivity index (χ1v) is 9.59. The normalized spacial score (nSPS) is 28.2. The van der Waals surface area contributed by atoms with Crippen LogP contribution < -0.4 is 0 Å². The van der Waals surface area contributed by atoms with Crippen molar-refractivity contribution in [1.82, 2.24) is 0 Å². The van der Waals surface area contributed by atoms with Crippen molar-refractivity contribution < 1.29 is 19.1 Å². The van der Waals surface area contributed by atoms with Gasteiger partial charge in [0.05, 0.1) is 0 Å². The van der Waals surface area contributed by atoms with Gasteiger partial charge in [-0.05, 0) is 65.2 Å². The topological polar surface area (TPSA) is 52.6 Å². The van der Waals surface area contributed by atoms with Gasteiger partial charge >= 0.3 is 11.9 Å². The monoisotopic (exact) mass is 358 g/mol. The highest BCUT2D eigenvalue weighted by Gasteiger charge is 2.25. The molecule has 2 aliphatic rings. The van der Waals surface area contributed by atoms with E-state index in [0.29, 0.717) is 23.0 Å². The summed E-state index contributed by atoms with van der Waals surface area (Å²) in [6, 6.07) is 0. The third kappa shape index (κ3) is 6.37. The second-order valence-electron chi connectivity index (χ2n) is 7.61. The molecule has 0 saturated heterocycles. The Balaban J connectivity index is 1.70. The summed E-state index contributed by atoms with van der Waals surface area (Å²) in [6.45, 7) is 10.6. The van der Waals surface area contributed by atoms with E-state index in [0.717, 1.165) is 51.4 Å². The third-order valence-electron chi connectivity index (χ3n) is 5.08. The van der Waals surface area contributed by atoms with Crippen LogP contribution in [0.1, 0.15) is 65.2 Å². The van der Waals surface area contributed by atoms with E-state index in [1.807, 2.05) is 0 Å². The standard InChI is InChI=1S/C22H30O4/c1-15(2)21(23)25-19-11-7-17(8-12-19)5-6-18-9-13-20(14-10-18)26-22(24)16(3)4/h17-20H,1,3,7-14H2,2,4H3. The highest BCUT2D eigenvalue weighted by atomic mass is 16.5. The summed E-state index contributed by atoms with van der Waals surface area (Å²) in [5.74, 6) is 7.08. The maximum absolute atomic E-state index is 11.6. The number of rotatable bonds is 4. The molecule has 0 aromatic carbocycles. The molecule has 0 amide bonds. The third-order valence-corrected chi connectivity index (χ3v) is 5.08. The SMILES string of the molecule is C=C(C)C(=O)OC1CCC(C#CC2CCC(OC(=O)C(=C)C)CC2)CC1. The second kappa shape index (κ2) is 9.62. The number of esters is 2. The van der Waals surface area contributed by atoms with E-state index in [-0.39, 0.29) is 24.1 Å². The van der Waals surface area contributed by atoms with Gasteiger partial charge in [-0.25, -0.2) is 9.59 Å². The predicted molar refractivity (Wildman–Crippen MR) is 101 cm³/mol. The highest BCUT2D eigenvalue weighted by molar-refractivity contribution is 5.87. The van der Waals surface area contributed by atoms with Gasteiger partial charge in [0.2, 0.25) is 0 Å². The quantitative estimate of drug-likeness (QED) is 0.426. The summed E-state index contributed by atoms with van der Waals surface area (Å²) in [4.78, 5) is 23.1. The minimum absolute atomic E-state index is 0.00990. The Morgan fingerprint density at radius 1 is 0.692 bits per heavy atom. The number of carbonyl (C=O) groups excluding carboxylic acids is 2. The van der Waals surface area contributed by atoms with Crippen molar-refractivity contribution in [3.05, 3.63) is 24.3 Å². The summed E-state index contributed by atoms with van der Waals surface area (Å²) in [5.41, 5.74) is 0.910. The molecule has 0 aromatic heterocycles. The summed E-state index contributed by atoms with van der Waals surface area (Å²) in [5, 5.41) is 0. The molecule has 142 valence electrons. The lowest BCUT2D eigenvalue weighted by molar-refractivity contribution is -0.146. The van der Waals surface area contributed by atoms with Crippen LogP contribution in [0, 0.1) is 23.7 Å². The van der Waals surface area contributed by atoms with Gasteiger partial charge in [-0.2, -0.15) is 0 Å². The smallest absolute Gasteiger partial charge is 0.333 e. The maximum atomic E-state index is 11.6. The zero-order valence-corrected chi connectivity index (χ0v) is 16.0. The van der Waals surface area contributed by atoms with Gasteiger partial charge in [-0.15, -0.1) is 0 Å². The Morgan fingerprint density at radius 3 is 1.27 bits per heavy atom. The molecule has 26 heavy (non-hydrogen) atoms. The van der Waals surface area contributed by atoms with E-state index in [2.05, 4.69) is 25.0 Å². The van der Waals surface area contributed by atoms with Crippen molar-refractivity contribution in [3.63, 3.8) is 0 Å². The van der Waals surface area contributed by atoms with Gasteiger partial charge in [0.15, 0.2) is 0 Å². The molecule has 0 bridgehead atoms. The van der Waals surface area contributed by atoms with Crippen molar-refractivity contribution in [2.24, 2.45) is 11.8 Å². The van der Waals surface area contributed by atoms with Crippen molar-refractivity contribution in [2.75, 3.05) is 0 Å². The van der Waals surface area contributed by atoms with Crippen LogP contribution in [0.5, 0.6) is 0 Å². The average molecular weight is 358 g/mol. The van der Waals surface area contributed by atoms with Crippen LogP contribution in [0.2, 0.25) is 0 Å². The molecule has 2 fully saturated rings. The fourth-order valence-corrected chi connectivity index (χ4v) is 3.39. The number of ether oxygens (including phenoxy) is 2. The second-order valence-corrected chi connectivity index (χ2v) is 7.61. The molecule has 0 aromatic rings. The van der Waals surface area contributed by atoms with Crippen LogP contribution in [0.4, 0.5) is 0 Å². The van der Waals surface area contributed by atoms with Gasteiger partial charge < -0.3 is 9.47 Å². The lowest BCUT2D eigenvalue weighted by Crippen LogP contribution is -2.25. The first-order valence-electron chi connectivity index (χ1n) is 9.59. The minimum atomic E-state index is -0.288. The van der Waals surface area contributed by atoms with Gasteiger partial charge in [-0.1, -0.05) is 25.0 Å². The highest BCUT2D eigenvalue weighted by Crippen LogP contribution is 2.29. The van der Waals surface area contributed by atoms with Crippen LogP contribution in [0.25, 0.3) is 0 Å². The van der Waals surface area contributed by atoms with Crippen molar-refractivity contribution in [1.29, 1.82) is 0 Å². The molecule has 2 aliphatic carbocycles. The molecule has 4 heteroatoms. The van der Waals surface area contributed by atoms with E-state index >= 15 is 0 Å². The molecular weight excluding hydrogens is 328 g/mol. The summed E-state index contributed by atoms with van der Waals surface area (Å²) >= 11 is 0. The largest absolute Gasteiger partial charge is 0.459 e. The van der Waals surface area contributed by atoms with Crippen molar-refractivity contribution >= 4 is 11.9 Å². The Kier molecular flexibility index (Phi) is 7.50. The van der Waals surface area contributed by atoms with Gasteiger partial charge in [0.25, 0.3) is 0 Å². The lowest BCUT2D eigenvalue weighted by Gasteiger charge is -2.27. The number of hydrogen-bond donors (Lipinski definition) is 0. The van der Waals surface area contributed by atoms with Crippen LogP contribution in [0.3, 0.4) is 0 Å². The maximum Gasteiger partial charge on any atom is 0.333 e. The van der Waals surface area contributed by atoms with Crippen molar-refractivity contribution in [2.45, 2.75) is 77.4 Å². The van der Waals surface area contributed by atoms with Crippen LogP contribution in [-0.2, 0) is 19.1 Å². The molecule has 0 atom stereocenters. The Morgan fingerprint density at radius 2 is 1.00 bits per heavy atom. The first kappa shape index (κ1) is 20.3. The van der Waals surface area contributed by atoms with E-state index in [1.165, 1.54) is 0 Å². The van der Waals surface area contributed by atoms with Gasteiger partial charge in [-0.3, -0.25) is 0 Å². The molecule has 0 N–H and O–H groups in total. The van der Waals surface area contributed by atoms with Crippen molar-refractivity contribution in [3.8, 4) is 11.8 Å². The van der Waals surface area contributed by atoms with E-state index in [9.17, 15) is 9.59 Å². The molecule has 0 aliphatic heterocycles. The van der Waals surface area contributed by atoms with Gasteiger partial charge in [0.1, 0.15) is 12.2 Å². The summed E-state index contributed by atoms with van der Waals surface area (Å²) in [7, 11) is 0. The molecule has 0 spiro atoms. The molecule has 2 saturated carbocycles. The Hall–Kier alpha value is -2.02. The molecule has 4 nitrogen and oxygen atoms in total. The molecule has 2 rings (SSSR count). The zero-order valence-electron chi connectivity index (χ0n) is 16.0. The van der Waals surface area contributed by atoms with Crippen LogP contribution in [0.15, 0.2) is 24.3 Å². The Bertz CT molecular complexity index is 554. The lowest BCUT2D eigenvalue weighted by atomic mass is 9.85. The minimum Gasteiger partial charge on any atom is -0.459 e. The molecule has 0 unspecified atom stereocenters. The van der Waals surface area contributed by atoms with E-state index in [1.54, 1.807) is 13.8 Å². The first-order chi connectivity index (χ1) is 12.3. The molecular formula is C22H30O4. The number of hydrogen-bond acceptors (Lipinski definition) is 4. The zero-order chi connectivity index (χ0) is 19.1. The fraction of sp³-hybridized carbons (Fsp3) is 0.636. The number of carbonyl (C=O) groups is 2. The Labute approximate surface area is 157 Å².